The first kappa shape index (κ1) is 14.5. The molecule has 0 bridgehead atoms. The van der Waals surface area contributed by atoms with Crippen molar-refractivity contribution in [2.75, 3.05) is 5.75 Å². The van der Waals surface area contributed by atoms with Crippen molar-refractivity contribution < 1.29 is 4.79 Å². The number of fused-ring (bicyclic) bond motifs is 1. The fraction of sp³-hybridized carbons (Fsp3) is 0.214. The Morgan fingerprint density at radius 2 is 1.44 bits per heavy atom. The van der Waals surface area contributed by atoms with Crippen LogP contribution in [0.15, 0.2) is 48.5 Å². The van der Waals surface area contributed by atoms with Crippen LogP contribution in [0, 0.1) is 0 Å². The van der Waals surface area contributed by atoms with Crippen LogP contribution in [0.2, 0.25) is 0 Å². The van der Waals surface area contributed by atoms with E-state index in [0.717, 1.165) is 0 Å². The lowest BCUT2D eigenvalue weighted by atomic mass is 10.1. The summed E-state index contributed by atoms with van der Waals surface area (Å²) in [6.45, 7) is 0. The third-order valence-electron chi connectivity index (χ3n) is 2.46. The van der Waals surface area contributed by atoms with Crippen molar-refractivity contribution >= 4 is 29.3 Å². The van der Waals surface area contributed by atoms with Gasteiger partial charge in [-0.1, -0.05) is 48.5 Å². The minimum atomic E-state index is -0.521. The minimum absolute atomic E-state index is 0.459. The zero-order valence-electron chi connectivity index (χ0n) is 10.1. The molecule has 0 spiro atoms. The fourth-order valence-electron chi connectivity index (χ4n) is 1.41. The molecule has 0 fully saturated rings. The van der Waals surface area contributed by atoms with Crippen LogP contribution in [-0.2, 0) is 4.79 Å². The third kappa shape index (κ3) is 4.77. The van der Waals surface area contributed by atoms with Gasteiger partial charge in [0.1, 0.15) is 0 Å². The van der Waals surface area contributed by atoms with Crippen LogP contribution in [0.3, 0.4) is 0 Å². The lowest BCUT2D eigenvalue weighted by molar-refractivity contribution is -0.119. The number of hydrogen-bond donors (Lipinski definition) is 3. The summed E-state index contributed by atoms with van der Waals surface area (Å²) in [5, 5.41) is 2.62. The molecule has 2 rings (SSSR count). The number of benzene rings is 2. The SMILES string of the molecule is NC(=O)C(N)CCS.c1ccc2ccccc2c1. The van der Waals surface area contributed by atoms with Gasteiger partial charge in [0.05, 0.1) is 6.04 Å². The van der Waals surface area contributed by atoms with Crippen LogP contribution >= 0.6 is 12.6 Å². The quantitative estimate of drug-likeness (QED) is 0.740. The summed E-state index contributed by atoms with van der Waals surface area (Å²) in [6, 6.07) is 16.2. The number of nitrogens with two attached hydrogens (primary N) is 2. The second-order valence-corrected chi connectivity index (χ2v) is 4.32. The first-order valence-electron chi connectivity index (χ1n) is 5.74. The van der Waals surface area contributed by atoms with Crippen LogP contribution in [0.4, 0.5) is 0 Å². The van der Waals surface area contributed by atoms with Crippen molar-refractivity contribution in [1.82, 2.24) is 0 Å². The van der Waals surface area contributed by atoms with E-state index in [0.29, 0.717) is 12.2 Å². The molecule has 96 valence electrons. The van der Waals surface area contributed by atoms with Gasteiger partial charge in [-0.2, -0.15) is 12.6 Å². The maximum absolute atomic E-state index is 10.2. The molecular weight excluding hydrogens is 244 g/mol. The van der Waals surface area contributed by atoms with Crippen LogP contribution in [0.1, 0.15) is 6.42 Å². The summed E-state index contributed by atoms with van der Waals surface area (Å²) in [5.74, 6) is 0.142. The van der Waals surface area contributed by atoms with E-state index in [9.17, 15) is 4.79 Å². The van der Waals surface area contributed by atoms with Crippen LogP contribution < -0.4 is 11.5 Å². The topological polar surface area (TPSA) is 69.1 Å². The zero-order valence-corrected chi connectivity index (χ0v) is 11.0. The van der Waals surface area contributed by atoms with Crippen LogP contribution in [0.5, 0.6) is 0 Å². The van der Waals surface area contributed by atoms with Crippen molar-refractivity contribution in [3.63, 3.8) is 0 Å². The lowest BCUT2D eigenvalue weighted by Gasteiger charge is -2.01. The summed E-state index contributed by atoms with van der Waals surface area (Å²) >= 11 is 3.87. The van der Waals surface area contributed by atoms with Crippen molar-refractivity contribution in [3.8, 4) is 0 Å². The van der Waals surface area contributed by atoms with E-state index in [1.165, 1.54) is 10.8 Å². The van der Waals surface area contributed by atoms with Gasteiger partial charge in [0.15, 0.2) is 0 Å². The van der Waals surface area contributed by atoms with E-state index < -0.39 is 11.9 Å². The Hall–Kier alpha value is -1.52. The van der Waals surface area contributed by atoms with Gasteiger partial charge in [-0.25, -0.2) is 0 Å². The average molecular weight is 262 g/mol. The van der Waals surface area contributed by atoms with E-state index >= 15 is 0 Å². The van der Waals surface area contributed by atoms with E-state index in [2.05, 4.69) is 61.2 Å². The molecule has 0 heterocycles. The summed E-state index contributed by atoms with van der Waals surface area (Å²) in [7, 11) is 0. The smallest absolute Gasteiger partial charge is 0.234 e. The molecule has 18 heavy (non-hydrogen) atoms. The molecule has 2 aromatic carbocycles. The van der Waals surface area contributed by atoms with Crippen molar-refractivity contribution in [3.05, 3.63) is 48.5 Å². The molecule has 4 N–H and O–H groups in total. The number of primary amides is 1. The molecule has 1 atom stereocenters. The van der Waals surface area contributed by atoms with E-state index in [4.69, 9.17) is 11.5 Å². The molecule has 0 radical (unpaired) electrons. The van der Waals surface area contributed by atoms with E-state index in [-0.39, 0.29) is 0 Å². The zero-order chi connectivity index (χ0) is 13.4. The normalized spacial score (nSPS) is 11.4. The molecule has 0 aromatic heterocycles. The number of rotatable bonds is 3. The summed E-state index contributed by atoms with van der Waals surface area (Å²) in [4.78, 5) is 10.2. The van der Waals surface area contributed by atoms with Gasteiger partial charge in [0.2, 0.25) is 5.91 Å². The molecule has 4 heteroatoms. The maximum Gasteiger partial charge on any atom is 0.234 e. The fourth-order valence-corrected chi connectivity index (χ4v) is 1.69. The first-order valence-corrected chi connectivity index (χ1v) is 6.38. The molecule has 0 saturated heterocycles. The molecule has 0 saturated carbocycles. The molecule has 1 unspecified atom stereocenters. The molecular formula is C14H18N2OS. The lowest BCUT2D eigenvalue weighted by Crippen LogP contribution is -2.36. The Kier molecular flexibility index (Phi) is 6.25. The molecule has 0 aliphatic carbocycles. The Morgan fingerprint density at radius 3 is 1.67 bits per heavy atom. The molecule has 1 amide bonds. The molecule has 2 aromatic rings. The number of carbonyl (C=O) groups excluding carboxylic acids is 1. The third-order valence-corrected chi connectivity index (χ3v) is 2.72. The van der Waals surface area contributed by atoms with Crippen molar-refractivity contribution in [2.24, 2.45) is 11.5 Å². The number of hydrogen-bond acceptors (Lipinski definition) is 3. The van der Waals surface area contributed by atoms with Gasteiger partial charge in [0, 0.05) is 0 Å². The number of thiol groups is 1. The Labute approximate surface area is 113 Å². The first-order chi connectivity index (χ1) is 8.65. The van der Waals surface area contributed by atoms with Crippen LogP contribution in [0.25, 0.3) is 10.8 Å². The highest BCUT2D eigenvalue weighted by molar-refractivity contribution is 7.80. The standard InChI is InChI=1S/C10H8.C4H10N2OS/c1-2-6-10-8-4-3-7-9(10)5-1;5-3(1-2-8)4(6)7/h1-8H;3,8H,1-2,5H2,(H2,6,7). The Morgan fingerprint density at radius 1 is 1.06 bits per heavy atom. The predicted octanol–water partition coefficient (Wildman–Crippen LogP) is 1.96. The van der Waals surface area contributed by atoms with Crippen molar-refractivity contribution in [2.45, 2.75) is 12.5 Å². The number of amides is 1. The van der Waals surface area contributed by atoms with E-state index in [1.54, 1.807) is 0 Å². The van der Waals surface area contributed by atoms with Crippen LogP contribution in [-0.4, -0.2) is 17.7 Å². The monoisotopic (exact) mass is 262 g/mol. The molecule has 3 nitrogen and oxygen atoms in total. The summed E-state index contributed by atoms with van der Waals surface area (Å²) < 4.78 is 0. The summed E-state index contributed by atoms with van der Waals surface area (Å²) in [6.07, 6.45) is 0.554. The van der Waals surface area contributed by atoms with Gasteiger partial charge in [0.25, 0.3) is 0 Å². The second-order valence-electron chi connectivity index (χ2n) is 3.87. The van der Waals surface area contributed by atoms with Gasteiger partial charge in [-0.3, -0.25) is 4.79 Å². The largest absolute Gasteiger partial charge is 0.368 e. The maximum atomic E-state index is 10.2. The highest BCUT2D eigenvalue weighted by atomic mass is 32.1. The highest BCUT2D eigenvalue weighted by Gasteiger charge is 2.05. The minimum Gasteiger partial charge on any atom is -0.368 e. The Bertz CT molecular complexity index is 436. The molecule has 0 aliphatic heterocycles. The second kappa shape index (κ2) is 7.74. The number of carbonyl (C=O) groups is 1. The van der Waals surface area contributed by atoms with Gasteiger partial charge in [-0.15, -0.1) is 0 Å². The molecule has 0 aliphatic rings. The highest BCUT2D eigenvalue weighted by Crippen LogP contribution is 2.11. The van der Waals surface area contributed by atoms with Gasteiger partial charge < -0.3 is 11.5 Å². The van der Waals surface area contributed by atoms with Gasteiger partial charge in [-0.05, 0) is 22.9 Å². The average Bonchev–Trinajstić information content (AvgIpc) is 2.40. The predicted molar refractivity (Wildman–Crippen MR) is 79.6 cm³/mol. The Balaban J connectivity index is 0.000000187. The van der Waals surface area contributed by atoms with E-state index in [1.807, 2.05) is 0 Å². The van der Waals surface area contributed by atoms with Gasteiger partial charge >= 0.3 is 0 Å². The van der Waals surface area contributed by atoms with Crippen molar-refractivity contribution in [1.29, 1.82) is 0 Å². The summed E-state index contributed by atoms with van der Waals surface area (Å²) in [5.41, 5.74) is 10.0.